The molecule has 230 valence electrons. The molecular weight excluding hydrogens is 580 g/mol. The van der Waals surface area contributed by atoms with Crippen LogP contribution in [0.5, 0.6) is 11.8 Å². The molecule has 0 spiro atoms. The van der Waals surface area contributed by atoms with E-state index in [1.54, 1.807) is 6.07 Å². The summed E-state index contributed by atoms with van der Waals surface area (Å²) in [5.74, 6) is -4.14. The highest BCUT2D eigenvalue weighted by Crippen LogP contribution is 2.42. The van der Waals surface area contributed by atoms with Gasteiger partial charge in [0.25, 0.3) is 0 Å². The van der Waals surface area contributed by atoms with Crippen LogP contribution in [0.1, 0.15) is 37.3 Å². The molecule has 1 aromatic heterocycles. The average Bonchev–Trinajstić information content (AvgIpc) is 3.72. The van der Waals surface area contributed by atoms with Gasteiger partial charge in [0.05, 0.1) is 11.2 Å². The summed E-state index contributed by atoms with van der Waals surface area (Å²) in [6, 6.07) is 7.56. The fourth-order valence-electron chi connectivity index (χ4n) is 7.30. The molecule has 2 N–H and O–H groups in total. The molecule has 44 heavy (non-hydrogen) atoms. The van der Waals surface area contributed by atoms with Gasteiger partial charge in [-0.05, 0) is 55.0 Å². The topological polar surface area (TPSA) is 99.0 Å². The number of alkyl halides is 1. The van der Waals surface area contributed by atoms with E-state index in [1.165, 1.54) is 29.2 Å². The minimum atomic E-state index is -1.17. The van der Waals surface area contributed by atoms with Gasteiger partial charge in [-0.1, -0.05) is 18.2 Å². The number of carbonyl (C=O) groups excluding carboxylic acids is 1. The van der Waals surface area contributed by atoms with Crippen LogP contribution in [0.2, 0.25) is 0 Å². The number of rotatable bonds is 6. The summed E-state index contributed by atoms with van der Waals surface area (Å²) < 4.78 is 66.4. The second kappa shape index (κ2) is 10.8. The number of phenols is 1. The Hall–Kier alpha value is -4.03. The largest absolute Gasteiger partial charge is 0.508 e. The number of likely N-dealkylation sites (tertiary alicyclic amines) is 1. The summed E-state index contributed by atoms with van der Waals surface area (Å²) in [7, 11) is 0. The second-order valence-electron chi connectivity index (χ2n) is 12.0. The van der Waals surface area contributed by atoms with Crippen molar-refractivity contribution in [2.75, 3.05) is 39.4 Å². The van der Waals surface area contributed by atoms with E-state index in [9.17, 15) is 23.8 Å². The van der Waals surface area contributed by atoms with Gasteiger partial charge in [0.1, 0.15) is 30.7 Å². The van der Waals surface area contributed by atoms with Gasteiger partial charge >= 0.3 is 6.01 Å². The molecule has 0 bridgehead atoms. The first-order valence-corrected chi connectivity index (χ1v) is 14.7. The van der Waals surface area contributed by atoms with Crippen molar-refractivity contribution < 1.29 is 37.3 Å². The van der Waals surface area contributed by atoms with Gasteiger partial charge in [-0.15, -0.1) is 0 Å². The second-order valence-corrected chi connectivity index (χ2v) is 12.0. The maximum absolute atomic E-state index is 16.6. The van der Waals surface area contributed by atoms with Gasteiger partial charge in [-0.3, -0.25) is 9.69 Å². The number of halogens is 4. The summed E-state index contributed by atoms with van der Waals surface area (Å²) in [6.45, 7) is 1.20. The molecule has 3 aromatic carbocycles. The van der Waals surface area contributed by atoms with Gasteiger partial charge in [-0.2, -0.15) is 9.97 Å². The monoisotopic (exact) mass is 610 g/mol. The van der Waals surface area contributed by atoms with Crippen molar-refractivity contribution in [3.8, 4) is 22.9 Å². The lowest BCUT2D eigenvalue weighted by atomic mass is 9.94. The Morgan fingerprint density at radius 2 is 1.89 bits per heavy atom. The van der Waals surface area contributed by atoms with E-state index in [4.69, 9.17) is 4.74 Å². The number of ether oxygens (including phenoxy) is 1. The lowest BCUT2D eigenvalue weighted by molar-refractivity contribution is -0.133. The van der Waals surface area contributed by atoms with Crippen molar-refractivity contribution in [3.05, 3.63) is 59.5 Å². The first-order valence-electron chi connectivity index (χ1n) is 14.7. The van der Waals surface area contributed by atoms with Crippen LogP contribution in [0.25, 0.3) is 32.8 Å². The molecule has 3 aliphatic heterocycles. The summed E-state index contributed by atoms with van der Waals surface area (Å²) in [5, 5.41) is 20.1. The Labute approximate surface area is 249 Å². The van der Waals surface area contributed by atoms with Crippen molar-refractivity contribution in [1.82, 2.24) is 19.8 Å². The van der Waals surface area contributed by atoms with Crippen molar-refractivity contribution in [2.24, 2.45) is 0 Å². The fraction of sp³-hybridized carbons (Fsp3) is 0.406. The molecule has 7 rings (SSSR count). The molecular formula is C32H30F4N4O4. The first kappa shape index (κ1) is 28.7. The fourth-order valence-corrected chi connectivity index (χ4v) is 7.30. The number of aromatic hydroxyl groups is 1. The zero-order valence-corrected chi connectivity index (χ0v) is 23.7. The molecule has 12 heteroatoms. The maximum Gasteiger partial charge on any atom is 0.317 e. The Morgan fingerprint density at radius 1 is 1.05 bits per heavy atom. The molecule has 0 radical (unpaired) electrons. The van der Waals surface area contributed by atoms with Crippen LogP contribution >= 0.6 is 0 Å². The number of aromatic nitrogens is 2. The summed E-state index contributed by atoms with van der Waals surface area (Å²) in [6.07, 6.45) is 1.51. The Morgan fingerprint density at radius 3 is 2.70 bits per heavy atom. The minimum Gasteiger partial charge on any atom is -0.508 e. The highest BCUT2D eigenvalue weighted by molar-refractivity contribution is 6.00. The van der Waals surface area contributed by atoms with Gasteiger partial charge in [-0.25, -0.2) is 17.6 Å². The quantitative estimate of drug-likeness (QED) is 0.302. The number of aliphatic hydroxyl groups is 1. The van der Waals surface area contributed by atoms with E-state index in [0.29, 0.717) is 37.0 Å². The van der Waals surface area contributed by atoms with E-state index in [0.717, 1.165) is 25.5 Å². The highest BCUT2D eigenvalue weighted by atomic mass is 19.2. The van der Waals surface area contributed by atoms with Gasteiger partial charge in [0.2, 0.25) is 5.91 Å². The molecule has 8 nitrogen and oxygen atoms in total. The van der Waals surface area contributed by atoms with E-state index < -0.39 is 41.7 Å². The Balaban J connectivity index is 1.35. The lowest BCUT2D eigenvalue weighted by Crippen LogP contribution is -2.43. The predicted octanol–water partition coefficient (Wildman–Crippen LogP) is 4.84. The molecule has 3 atom stereocenters. The number of aliphatic hydroxyl groups excluding tert-OH is 1. The van der Waals surface area contributed by atoms with E-state index >= 15 is 8.78 Å². The lowest BCUT2D eigenvalue weighted by Gasteiger charge is -2.30. The van der Waals surface area contributed by atoms with Gasteiger partial charge in [0, 0.05) is 48.3 Å². The summed E-state index contributed by atoms with van der Waals surface area (Å²) >= 11 is 0. The van der Waals surface area contributed by atoms with Crippen LogP contribution in [0.15, 0.2) is 36.4 Å². The zero-order chi connectivity index (χ0) is 30.7. The summed E-state index contributed by atoms with van der Waals surface area (Å²) in [4.78, 5) is 24.9. The van der Waals surface area contributed by atoms with Crippen LogP contribution in [0.3, 0.4) is 0 Å². The van der Waals surface area contributed by atoms with Crippen LogP contribution in [0.4, 0.5) is 17.6 Å². The number of hydrogen-bond acceptors (Lipinski definition) is 7. The number of phenolic OH excluding ortho intramolecular Hbond substituents is 1. The van der Waals surface area contributed by atoms with Crippen LogP contribution in [0, 0.1) is 17.5 Å². The SMILES string of the molecule is O=C(CO)N1CCC(c2nc(OC[C@@]34CCCN3C[C@H](F)C4)nc3c(F)c(-c4cc(O)cc5ccc(F)c(F)c45)ccc23)C1. The van der Waals surface area contributed by atoms with E-state index in [1.807, 2.05) is 0 Å². The Bertz CT molecular complexity index is 1810. The van der Waals surface area contributed by atoms with Crippen molar-refractivity contribution in [1.29, 1.82) is 0 Å². The third-order valence-electron chi connectivity index (χ3n) is 9.39. The molecule has 3 fully saturated rings. The molecule has 1 unspecified atom stereocenters. The van der Waals surface area contributed by atoms with Gasteiger partial charge in [0.15, 0.2) is 17.5 Å². The minimum absolute atomic E-state index is 0.0555. The van der Waals surface area contributed by atoms with Crippen LogP contribution < -0.4 is 4.74 Å². The normalized spacial score (nSPS) is 23.6. The van der Waals surface area contributed by atoms with E-state index in [-0.39, 0.29) is 58.2 Å². The van der Waals surface area contributed by atoms with E-state index in [2.05, 4.69) is 14.9 Å². The van der Waals surface area contributed by atoms with Crippen molar-refractivity contribution in [3.63, 3.8) is 0 Å². The standard InChI is InChI=1S/C32H30F4N4O4/c33-19-12-32(7-1-8-40(32)14-19)16-44-31-37-29(18-6-9-39(13-18)25(43)15-41)22-4-3-21(27(35)30(22)38-31)23-11-20(42)10-17-2-5-24(34)28(36)26(17)23/h2-5,10-11,18-19,41-42H,1,6-9,12-16H2/t18?,19-,32+/m1/s1. The zero-order valence-electron chi connectivity index (χ0n) is 23.7. The Kier molecular flexibility index (Phi) is 7.08. The number of fused-ring (bicyclic) bond motifs is 3. The van der Waals surface area contributed by atoms with Crippen molar-refractivity contribution in [2.45, 2.75) is 43.3 Å². The predicted molar refractivity (Wildman–Crippen MR) is 154 cm³/mol. The summed E-state index contributed by atoms with van der Waals surface area (Å²) in [5.41, 5.74) is -0.354. The number of benzene rings is 3. The number of amides is 1. The third kappa shape index (κ3) is 4.71. The maximum atomic E-state index is 16.6. The third-order valence-corrected chi connectivity index (χ3v) is 9.39. The molecule has 4 aromatic rings. The highest BCUT2D eigenvalue weighted by Gasteiger charge is 2.49. The molecule has 3 aliphatic rings. The number of nitrogens with zero attached hydrogens (tertiary/aromatic N) is 4. The molecule has 4 heterocycles. The molecule has 0 saturated carbocycles. The van der Waals surface area contributed by atoms with Crippen LogP contribution in [-0.2, 0) is 4.79 Å². The molecule has 3 saturated heterocycles. The molecule has 0 aliphatic carbocycles. The van der Waals surface area contributed by atoms with Gasteiger partial charge < -0.3 is 19.8 Å². The number of hydrogen-bond donors (Lipinski definition) is 2. The number of carbonyl (C=O) groups is 1. The molecule has 1 amide bonds. The average molecular weight is 611 g/mol. The van der Waals surface area contributed by atoms with Crippen LogP contribution in [-0.4, -0.2) is 87.0 Å². The van der Waals surface area contributed by atoms with Crippen molar-refractivity contribution >= 4 is 27.6 Å². The smallest absolute Gasteiger partial charge is 0.317 e. The first-order chi connectivity index (χ1) is 21.2.